The molecule has 0 aliphatic heterocycles. The molecule has 4 rings (SSSR count). The van der Waals surface area contributed by atoms with Gasteiger partial charge in [-0.3, -0.25) is 9.78 Å². The molecule has 25 heavy (non-hydrogen) atoms. The number of phenols is 1. The van der Waals surface area contributed by atoms with Crippen molar-refractivity contribution in [3.63, 3.8) is 0 Å². The van der Waals surface area contributed by atoms with Crippen molar-refractivity contribution in [2.45, 2.75) is 65.2 Å². The van der Waals surface area contributed by atoms with Crippen LogP contribution in [0, 0.1) is 6.92 Å². The fourth-order valence-electron chi connectivity index (χ4n) is 4.14. The van der Waals surface area contributed by atoms with E-state index in [1.807, 2.05) is 45.0 Å². The summed E-state index contributed by atoms with van der Waals surface area (Å²) in [5, 5.41) is 10.1. The maximum absolute atomic E-state index is 12.5. The van der Waals surface area contributed by atoms with Gasteiger partial charge in [0.25, 0.3) is 0 Å². The number of pyridine rings is 1. The molecule has 2 aliphatic rings. The molecule has 3 heteroatoms. The zero-order valence-corrected chi connectivity index (χ0v) is 15.4. The number of Topliss-reactive ketones (excluding diaryl/α,β-unsaturated/α-hetero) is 1. The van der Waals surface area contributed by atoms with E-state index in [2.05, 4.69) is 4.98 Å². The molecule has 2 aliphatic carbocycles. The molecule has 0 saturated heterocycles. The number of rotatable bonds is 1. The number of aromatic nitrogens is 1. The van der Waals surface area contributed by atoms with Crippen LogP contribution in [0.15, 0.2) is 24.3 Å². The van der Waals surface area contributed by atoms with Gasteiger partial charge >= 0.3 is 0 Å². The highest BCUT2D eigenvalue weighted by molar-refractivity contribution is 5.98. The van der Waals surface area contributed by atoms with Crippen molar-refractivity contribution in [1.29, 1.82) is 0 Å². The summed E-state index contributed by atoms with van der Waals surface area (Å²) in [6, 6.07) is 7.67. The van der Waals surface area contributed by atoms with Gasteiger partial charge in [-0.05, 0) is 79.8 Å². The number of benzene rings is 1. The summed E-state index contributed by atoms with van der Waals surface area (Å²) in [4.78, 5) is 17.1. The number of carbonyl (C=O) groups excluding carboxylic acids is 1. The number of aryl methyl sites for hydroxylation is 1. The number of hydrogen-bond acceptors (Lipinski definition) is 3. The first kappa shape index (κ1) is 17.7. The van der Waals surface area contributed by atoms with Gasteiger partial charge in [-0.1, -0.05) is 19.9 Å². The van der Waals surface area contributed by atoms with E-state index in [9.17, 15) is 9.90 Å². The SMILES string of the molecule is CC.Cc1ccc2c(n1)C[C@H](c1ccc(O)c3c1CCCC3)CC2=O. The molecular weight excluding hydrogens is 310 g/mol. The molecular formula is C22H27NO2. The van der Waals surface area contributed by atoms with Crippen molar-refractivity contribution in [3.05, 3.63) is 57.9 Å². The zero-order valence-electron chi connectivity index (χ0n) is 15.4. The Morgan fingerprint density at radius 1 is 1.00 bits per heavy atom. The quantitative estimate of drug-likeness (QED) is 0.804. The predicted molar refractivity (Wildman–Crippen MR) is 100 cm³/mol. The number of nitrogens with zero attached hydrogens (tertiary/aromatic N) is 1. The van der Waals surface area contributed by atoms with Crippen molar-refractivity contribution in [3.8, 4) is 5.75 Å². The van der Waals surface area contributed by atoms with Crippen molar-refractivity contribution in [2.75, 3.05) is 0 Å². The Hall–Kier alpha value is -2.16. The lowest BCUT2D eigenvalue weighted by Gasteiger charge is -2.28. The number of aromatic hydroxyl groups is 1. The smallest absolute Gasteiger partial charge is 0.165 e. The lowest BCUT2D eigenvalue weighted by atomic mass is 9.76. The van der Waals surface area contributed by atoms with Crippen LogP contribution in [-0.4, -0.2) is 15.9 Å². The molecule has 0 fully saturated rings. The van der Waals surface area contributed by atoms with Crippen LogP contribution >= 0.6 is 0 Å². The van der Waals surface area contributed by atoms with Gasteiger partial charge in [0.15, 0.2) is 5.78 Å². The van der Waals surface area contributed by atoms with E-state index in [0.717, 1.165) is 54.6 Å². The van der Waals surface area contributed by atoms with Crippen LogP contribution in [-0.2, 0) is 19.3 Å². The minimum absolute atomic E-state index is 0.191. The van der Waals surface area contributed by atoms with Gasteiger partial charge in [0.1, 0.15) is 5.75 Å². The normalized spacial score (nSPS) is 18.7. The van der Waals surface area contributed by atoms with Crippen LogP contribution in [0.25, 0.3) is 0 Å². The number of phenolic OH excluding ortho intramolecular Hbond substituents is 1. The number of ketones is 1. The third-order valence-electron chi connectivity index (χ3n) is 5.27. The summed E-state index contributed by atoms with van der Waals surface area (Å²) in [6.45, 7) is 5.97. The fourth-order valence-corrected chi connectivity index (χ4v) is 4.14. The average Bonchev–Trinajstić information content (AvgIpc) is 2.63. The summed E-state index contributed by atoms with van der Waals surface area (Å²) in [5.41, 5.74) is 6.32. The molecule has 3 nitrogen and oxygen atoms in total. The Morgan fingerprint density at radius 3 is 2.48 bits per heavy atom. The van der Waals surface area contributed by atoms with E-state index in [4.69, 9.17) is 0 Å². The molecule has 1 heterocycles. The highest BCUT2D eigenvalue weighted by atomic mass is 16.3. The van der Waals surface area contributed by atoms with E-state index < -0.39 is 0 Å². The van der Waals surface area contributed by atoms with E-state index in [1.54, 1.807) is 0 Å². The Labute approximate surface area is 150 Å². The summed E-state index contributed by atoms with van der Waals surface area (Å²) in [6.07, 6.45) is 5.63. The summed E-state index contributed by atoms with van der Waals surface area (Å²) in [5.74, 6) is 0.804. The molecule has 0 bridgehead atoms. The van der Waals surface area contributed by atoms with Crippen LogP contribution in [0.3, 0.4) is 0 Å². The molecule has 1 aromatic carbocycles. The van der Waals surface area contributed by atoms with Crippen LogP contribution < -0.4 is 0 Å². The van der Waals surface area contributed by atoms with Gasteiger partial charge < -0.3 is 5.11 Å². The average molecular weight is 337 g/mol. The van der Waals surface area contributed by atoms with Gasteiger partial charge in [-0.15, -0.1) is 0 Å². The highest BCUT2D eigenvalue weighted by Crippen LogP contribution is 2.39. The lowest BCUT2D eigenvalue weighted by molar-refractivity contribution is 0.0963. The zero-order chi connectivity index (χ0) is 18.0. The first-order chi connectivity index (χ1) is 12.1. The standard InChI is InChI=1S/C20H21NO2.C2H6/c1-12-6-7-17-18(21-12)10-13(11-20(17)23)14-8-9-19(22)16-5-3-2-4-15(14)16;1-2/h6-9,13,22H,2-5,10-11H2,1H3;1-2H3/t13-;/m0./s1. The topological polar surface area (TPSA) is 50.2 Å². The van der Waals surface area contributed by atoms with E-state index >= 15 is 0 Å². The Morgan fingerprint density at radius 2 is 1.72 bits per heavy atom. The predicted octanol–water partition coefficient (Wildman–Crippen LogP) is 4.91. The Kier molecular flexibility index (Phi) is 5.22. The van der Waals surface area contributed by atoms with E-state index in [0.29, 0.717) is 12.2 Å². The molecule has 0 saturated carbocycles. The monoisotopic (exact) mass is 337 g/mol. The van der Waals surface area contributed by atoms with Gasteiger partial charge in [-0.25, -0.2) is 0 Å². The number of carbonyl (C=O) groups is 1. The second-order valence-corrected chi connectivity index (χ2v) is 6.81. The van der Waals surface area contributed by atoms with E-state index in [-0.39, 0.29) is 11.7 Å². The second-order valence-electron chi connectivity index (χ2n) is 6.81. The summed E-state index contributed by atoms with van der Waals surface area (Å²) in [7, 11) is 0. The number of fused-ring (bicyclic) bond motifs is 2. The van der Waals surface area contributed by atoms with Gasteiger partial charge in [0.2, 0.25) is 0 Å². The molecule has 0 amide bonds. The third-order valence-corrected chi connectivity index (χ3v) is 5.27. The summed E-state index contributed by atoms with van der Waals surface area (Å²) < 4.78 is 0. The summed E-state index contributed by atoms with van der Waals surface area (Å²) >= 11 is 0. The van der Waals surface area contributed by atoms with Crippen molar-refractivity contribution >= 4 is 5.78 Å². The Balaban J connectivity index is 0.000000880. The maximum atomic E-state index is 12.5. The largest absolute Gasteiger partial charge is 0.508 e. The van der Waals surface area contributed by atoms with Gasteiger partial charge in [0, 0.05) is 17.7 Å². The third kappa shape index (κ3) is 3.33. The molecule has 0 spiro atoms. The van der Waals surface area contributed by atoms with Crippen LogP contribution in [0.4, 0.5) is 0 Å². The van der Waals surface area contributed by atoms with Gasteiger partial charge in [0.05, 0.1) is 5.69 Å². The Bertz CT molecular complexity index is 795. The molecule has 0 unspecified atom stereocenters. The van der Waals surface area contributed by atoms with Crippen molar-refractivity contribution in [2.24, 2.45) is 0 Å². The second kappa shape index (κ2) is 7.38. The molecule has 0 radical (unpaired) electrons. The van der Waals surface area contributed by atoms with Crippen LogP contribution in [0.1, 0.15) is 77.5 Å². The first-order valence-corrected chi connectivity index (χ1v) is 9.47. The molecule has 1 atom stereocenters. The van der Waals surface area contributed by atoms with Crippen LogP contribution in [0.2, 0.25) is 0 Å². The van der Waals surface area contributed by atoms with Crippen molar-refractivity contribution in [1.82, 2.24) is 4.98 Å². The van der Waals surface area contributed by atoms with Gasteiger partial charge in [-0.2, -0.15) is 0 Å². The van der Waals surface area contributed by atoms with Crippen molar-refractivity contribution < 1.29 is 9.90 Å². The highest BCUT2D eigenvalue weighted by Gasteiger charge is 2.30. The fraction of sp³-hybridized carbons (Fsp3) is 0.455. The maximum Gasteiger partial charge on any atom is 0.165 e. The van der Waals surface area contributed by atoms with Crippen LogP contribution in [0.5, 0.6) is 5.75 Å². The lowest BCUT2D eigenvalue weighted by Crippen LogP contribution is -2.22. The molecule has 1 aromatic heterocycles. The first-order valence-electron chi connectivity index (χ1n) is 9.47. The minimum atomic E-state index is 0.191. The molecule has 1 N–H and O–H groups in total. The minimum Gasteiger partial charge on any atom is -0.508 e. The number of hydrogen-bond donors (Lipinski definition) is 1. The molecule has 132 valence electrons. The molecule has 2 aromatic rings. The van der Waals surface area contributed by atoms with E-state index in [1.165, 1.54) is 11.1 Å².